The van der Waals surface area contributed by atoms with Crippen LogP contribution in [0.15, 0.2) is 6.07 Å². The fraction of sp³-hybridized carbons (Fsp3) is 0.444. The van der Waals surface area contributed by atoms with Gasteiger partial charge < -0.3 is 10.5 Å². The molecule has 1 aromatic rings. The van der Waals surface area contributed by atoms with E-state index in [9.17, 15) is 4.79 Å². The van der Waals surface area contributed by atoms with E-state index >= 15 is 0 Å². The molecule has 0 radical (unpaired) electrons. The lowest BCUT2D eigenvalue weighted by Gasteiger charge is -2.07. The average Bonchev–Trinajstić information content (AvgIpc) is 2.14. The van der Waals surface area contributed by atoms with Crippen molar-refractivity contribution in [2.45, 2.75) is 19.4 Å². The summed E-state index contributed by atoms with van der Waals surface area (Å²) in [4.78, 5) is 19.1. The molecule has 0 aliphatic carbocycles. The third-order valence-corrected chi connectivity index (χ3v) is 1.83. The van der Waals surface area contributed by atoms with E-state index in [2.05, 4.69) is 15.3 Å². The second kappa shape index (κ2) is 5.62. The summed E-state index contributed by atoms with van der Waals surface area (Å²) >= 11 is 5.71. The minimum atomic E-state index is -0.265. The predicted molar refractivity (Wildman–Crippen MR) is 60.5 cm³/mol. The third kappa shape index (κ3) is 4.00. The van der Waals surface area contributed by atoms with Crippen molar-refractivity contribution in [2.75, 3.05) is 12.4 Å². The van der Waals surface area contributed by atoms with Crippen molar-refractivity contribution in [3.63, 3.8) is 0 Å². The lowest BCUT2D eigenvalue weighted by Crippen LogP contribution is -2.24. The summed E-state index contributed by atoms with van der Waals surface area (Å²) in [6.45, 7) is 1.74. The average molecular weight is 245 g/mol. The number of carbonyl (C=O) groups excluding carboxylic acids is 1. The quantitative estimate of drug-likeness (QED) is 0.765. The number of ether oxygens (including phenoxy) is 1. The number of halogens is 1. The summed E-state index contributed by atoms with van der Waals surface area (Å²) in [5.41, 5.74) is 5.48. The zero-order valence-electron chi connectivity index (χ0n) is 9.03. The molecule has 1 atom stereocenters. The summed E-state index contributed by atoms with van der Waals surface area (Å²) in [5.74, 6) is 0.130. The Morgan fingerprint density at radius 2 is 2.38 bits per heavy atom. The zero-order chi connectivity index (χ0) is 12.1. The van der Waals surface area contributed by atoms with E-state index in [0.717, 1.165) is 0 Å². The van der Waals surface area contributed by atoms with Crippen LogP contribution in [-0.4, -0.2) is 29.0 Å². The Morgan fingerprint density at radius 1 is 1.69 bits per heavy atom. The minimum absolute atomic E-state index is 0.106. The lowest BCUT2D eigenvalue weighted by atomic mass is 10.2. The van der Waals surface area contributed by atoms with Gasteiger partial charge in [0.05, 0.1) is 7.11 Å². The molecule has 1 aromatic heterocycles. The van der Waals surface area contributed by atoms with Crippen molar-refractivity contribution in [1.29, 1.82) is 0 Å². The highest BCUT2D eigenvalue weighted by Gasteiger charge is 2.09. The Kier molecular flexibility index (Phi) is 4.45. The van der Waals surface area contributed by atoms with Crippen LogP contribution < -0.4 is 15.8 Å². The van der Waals surface area contributed by atoms with Gasteiger partial charge in [-0.15, -0.1) is 0 Å². The monoisotopic (exact) mass is 244 g/mol. The molecular formula is C9H13ClN4O2. The molecule has 7 heteroatoms. The van der Waals surface area contributed by atoms with Gasteiger partial charge in [-0.3, -0.25) is 10.1 Å². The molecule has 0 aromatic carbocycles. The topological polar surface area (TPSA) is 90.1 Å². The third-order valence-electron chi connectivity index (χ3n) is 1.64. The molecule has 6 nitrogen and oxygen atoms in total. The number of hydrogen-bond acceptors (Lipinski definition) is 5. The van der Waals surface area contributed by atoms with Gasteiger partial charge in [0.15, 0.2) is 0 Å². The summed E-state index contributed by atoms with van der Waals surface area (Å²) < 4.78 is 4.89. The molecule has 1 unspecified atom stereocenters. The molecule has 88 valence electrons. The predicted octanol–water partition coefficient (Wildman–Crippen LogP) is 0.814. The second-order valence-electron chi connectivity index (χ2n) is 3.29. The van der Waals surface area contributed by atoms with Gasteiger partial charge in [0.25, 0.3) is 0 Å². The first-order valence-corrected chi connectivity index (χ1v) is 5.03. The molecule has 0 saturated carbocycles. The Hall–Kier alpha value is -1.40. The molecule has 0 saturated heterocycles. The number of nitrogens with one attached hydrogen (secondary N) is 1. The van der Waals surface area contributed by atoms with Crippen LogP contribution in [0.2, 0.25) is 5.15 Å². The fourth-order valence-corrected chi connectivity index (χ4v) is 1.20. The molecule has 0 aliphatic heterocycles. The van der Waals surface area contributed by atoms with Crippen molar-refractivity contribution >= 4 is 23.5 Å². The first-order chi connectivity index (χ1) is 7.51. The number of methoxy groups -OCH3 is 1. The van der Waals surface area contributed by atoms with E-state index in [-0.39, 0.29) is 35.4 Å². The Labute approximate surface area is 98.2 Å². The van der Waals surface area contributed by atoms with Gasteiger partial charge >= 0.3 is 0 Å². The Balaban J connectivity index is 2.73. The van der Waals surface area contributed by atoms with E-state index in [1.165, 1.54) is 13.2 Å². The smallest absolute Gasteiger partial charge is 0.234 e. The van der Waals surface area contributed by atoms with Gasteiger partial charge in [-0.25, -0.2) is 4.98 Å². The van der Waals surface area contributed by atoms with Crippen LogP contribution in [0.1, 0.15) is 13.3 Å². The number of nitrogens with zero attached hydrogens (tertiary/aromatic N) is 2. The number of anilines is 1. The van der Waals surface area contributed by atoms with Crippen molar-refractivity contribution in [2.24, 2.45) is 5.73 Å². The maximum atomic E-state index is 11.4. The van der Waals surface area contributed by atoms with E-state index in [1.54, 1.807) is 6.92 Å². The van der Waals surface area contributed by atoms with Crippen LogP contribution in [0, 0.1) is 0 Å². The maximum absolute atomic E-state index is 11.4. The first-order valence-electron chi connectivity index (χ1n) is 4.65. The van der Waals surface area contributed by atoms with Gasteiger partial charge in [0.2, 0.25) is 17.7 Å². The van der Waals surface area contributed by atoms with Crippen molar-refractivity contribution in [3.05, 3.63) is 11.2 Å². The number of aromatic nitrogens is 2. The van der Waals surface area contributed by atoms with E-state index in [4.69, 9.17) is 22.1 Å². The highest BCUT2D eigenvalue weighted by molar-refractivity contribution is 6.29. The molecular weight excluding hydrogens is 232 g/mol. The van der Waals surface area contributed by atoms with E-state index in [0.29, 0.717) is 0 Å². The number of nitrogens with two attached hydrogens (primary N) is 1. The van der Waals surface area contributed by atoms with Crippen molar-refractivity contribution in [1.82, 2.24) is 9.97 Å². The molecule has 1 rings (SSSR count). The standard InChI is InChI=1S/C9H13ClN4O2/c1-5(11)3-7(15)13-9-12-6(10)4-8(14-9)16-2/h4-5H,3,11H2,1-2H3,(H,12,13,14,15). The van der Waals surface area contributed by atoms with Crippen LogP contribution in [-0.2, 0) is 4.79 Å². The van der Waals surface area contributed by atoms with Crippen LogP contribution >= 0.6 is 11.6 Å². The number of hydrogen-bond donors (Lipinski definition) is 2. The minimum Gasteiger partial charge on any atom is -0.481 e. The zero-order valence-corrected chi connectivity index (χ0v) is 9.78. The number of carbonyl (C=O) groups is 1. The van der Waals surface area contributed by atoms with Crippen LogP contribution in [0.25, 0.3) is 0 Å². The number of rotatable bonds is 4. The second-order valence-corrected chi connectivity index (χ2v) is 3.67. The molecule has 1 heterocycles. The molecule has 0 spiro atoms. The van der Waals surface area contributed by atoms with Crippen molar-refractivity contribution < 1.29 is 9.53 Å². The maximum Gasteiger partial charge on any atom is 0.234 e. The summed E-state index contributed by atoms with van der Waals surface area (Å²) in [6.07, 6.45) is 0.193. The van der Waals surface area contributed by atoms with Gasteiger partial charge in [-0.05, 0) is 6.92 Å². The van der Waals surface area contributed by atoms with Crippen LogP contribution in [0.3, 0.4) is 0 Å². The first kappa shape index (κ1) is 12.7. The molecule has 0 aliphatic rings. The number of amides is 1. The molecule has 0 fully saturated rings. The summed E-state index contributed by atoms with van der Waals surface area (Å²) in [5, 5.41) is 2.68. The molecule has 3 N–H and O–H groups in total. The highest BCUT2D eigenvalue weighted by atomic mass is 35.5. The Morgan fingerprint density at radius 3 is 2.94 bits per heavy atom. The van der Waals surface area contributed by atoms with Crippen molar-refractivity contribution in [3.8, 4) is 5.88 Å². The highest BCUT2D eigenvalue weighted by Crippen LogP contribution is 2.15. The summed E-state index contributed by atoms with van der Waals surface area (Å²) in [6, 6.07) is 1.23. The molecule has 1 amide bonds. The molecule has 0 bridgehead atoms. The fourth-order valence-electron chi connectivity index (χ4n) is 1.03. The summed E-state index contributed by atoms with van der Waals surface area (Å²) in [7, 11) is 1.45. The van der Waals surface area contributed by atoms with Crippen LogP contribution in [0.5, 0.6) is 5.88 Å². The SMILES string of the molecule is COc1cc(Cl)nc(NC(=O)CC(C)N)n1. The van der Waals surface area contributed by atoms with Gasteiger partial charge in [0.1, 0.15) is 5.15 Å². The van der Waals surface area contributed by atoms with E-state index < -0.39 is 0 Å². The van der Waals surface area contributed by atoms with Crippen LogP contribution in [0.4, 0.5) is 5.95 Å². The molecule has 16 heavy (non-hydrogen) atoms. The van der Waals surface area contributed by atoms with Gasteiger partial charge in [0, 0.05) is 18.5 Å². The normalized spacial score (nSPS) is 12.0. The van der Waals surface area contributed by atoms with Gasteiger partial charge in [-0.2, -0.15) is 4.98 Å². The van der Waals surface area contributed by atoms with E-state index in [1.807, 2.05) is 0 Å². The van der Waals surface area contributed by atoms with Gasteiger partial charge in [-0.1, -0.05) is 11.6 Å². The largest absolute Gasteiger partial charge is 0.481 e. The Bertz CT molecular complexity index is 384. The lowest BCUT2D eigenvalue weighted by molar-refractivity contribution is -0.116.